The minimum absolute atomic E-state index is 0. The van der Waals surface area contributed by atoms with Gasteiger partial charge >= 0.3 is 0 Å². The molecule has 21 heavy (non-hydrogen) atoms. The predicted octanol–water partition coefficient (Wildman–Crippen LogP) is 3.34. The molecule has 0 aromatic heterocycles. The molecule has 0 aliphatic carbocycles. The predicted molar refractivity (Wildman–Crippen MR) is 97.4 cm³/mol. The Morgan fingerprint density at radius 2 is 1.57 bits per heavy atom. The highest BCUT2D eigenvalue weighted by molar-refractivity contribution is 5.85. The maximum absolute atomic E-state index is 3.41. The van der Waals surface area contributed by atoms with Gasteiger partial charge in [0.1, 0.15) is 0 Å². The SMILES string of the molecule is CCN(CC)c1ccc([C@@H](C)N2CCNCC2)cc1.Cl.Cl. The maximum atomic E-state index is 3.41. The van der Waals surface area contributed by atoms with E-state index in [9.17, 15) is 0 Å². The van der Waals surface area contributed by atoms with Gasteiger partial charge in [-0.2, -0.15) is 0 Å². The van der Waals surface area contributed by atoms with E-state index in [1.54, 1.807) is 0 Å². The van der Waals surface area contributed by atoms with Crippen molar-refractivity contribution in [2.45, 2.75) is 26.8 Å². The van der Waals surface area contributed by atoms with Crippen LogP contribution in [0.1, 0.15) is 32.4 Å². The summed E-state index contributed by atoms with van der Waals surface area (Å²) in [6, 6.07) is 9.64. The Morgan fingerprint density at radius 1 is 1.05 bits per heavy atom. The highest BCUT2D eigenvalue weighted by Crippen LogP contribution is 2.23. The molecule has 5 heteroatoms. The molecule has 1 fully saturated rings. The summed E-state index contributed by atoms with van der Waals surface area (Å²) in [5, 5.41) is 3.41. The molecular formula is C16H29Cl2N3. The molecule has 0 bridgehead atoms. The highest BCUT2D eigenvalue weighted by Gasteiger charge is 2.17. The third-order valence-electron chi connectivity index (χ3n) is 4.20. The number of anilines is 1. The average Bonchev–Trinajstić information content (AvgIpc) is 2.49. The zero-order valence-corrected chi connectivity index (χ0v) is 15.0. The molecule has 2 rings (SSSR count). The molecule has 0 radical (unpaired) electrons. The number of benzene rings is 1. The molecule has 1 aromatic rings. The van der Waals surface area contributed by atoms with Crippen molar-refractivity contribution in [2.75, 3.05) is 44.2 Å². The van der Waals surface area contributed by atoms with Crippen LogP contribution in [0.3, 0.4) is 0 Å². The lowest BCUT2D eigenvalue weighted by Crippen LogP contribution is -2.44. The number of halogens is 2. The van der Waals surface area contributed by atoms with Crippen LogP contribution in [0.15, 0.2) is 24.3 Å². The van der Waals surface area contributed by atoms with Gasteiger partial charge in [-0.3, -0.25) is 4.90 Å². The van der Waals surface area contributed by atoms with Gasteiger partial charge in [0.05, 0.1) is 0 Å². The molecule has 122 valence electrons. The van der Waals surface area contributed by atoms with Crippen LogP contribution in [0.25, 0.3) is 0 Å². The van der Waals surface area contributed by atoms with Crippen LogP contribution in [0.5, 0.6) is 0 Å². The Morgan fingerprint density at radius 3 is 2.05 bits per heavy atom. The van der Waals surface area contributed by atoms with Gasteiger partial charge in [0.15, 0.2) is 0 Å². The Labute approximate surface area is 141 Å². The first-order valence-corrected chi connectivity index (χ1v) is 7.56. The number of nitrogens with one attached hydrogen (secondary N) is 1. The van der Waals surface area contributed by atoms with Gasteiger partial charge in [0, 0.05) is 51.0 Å². The third kappa shape index (κ3) is 5.33. The van der Waals surface area contributed by atoms with E-state index >= 15 is 0 Å². The molecule has 3 nitrogen and oxygen atoms in total. The second-order valence-electron chi connectivity index (χ2n) is 5.23. The molecule has 0 amide bonds. The summed E-state index contributed by atoms with van der Waals surface area (Å²) in [5.41, 5.74) is 2.76. The van der Waals surface area contributed by atoms with Gasteiger partial charge in [-0.1, -0.05) is 12.1 Å². The minimum Gasteiger partial charge on any atom is -0.372 e. The minimum atomic E-state index is 0. The van der Waals surface area contributed by atoms with Crippen molar-refractivity contribution in [1.29, 1.82) is 0 Å². The molecule has 1 N–H and O–H groups in total. The Kier molecular flexibility index (Phi) is 10.0. The first-order valence-electron chi connectivity index (χ1n) is 7.56. The molecule has 0 unspecified atom stereocenters. The Balaban J connectivity index is 0.00000200. The molecular weight excluding hydrogens is 305 g/mol. The van der Waals surface area contributed by atoms with Crippen molar-refractivity contribution in [3.63, 3.8) is 0 Å². The van der Waals surface area contributed by atoms with Gasteiger partial charge in [0.2, 0.25) is 0 Å². The number of nitrogens with zero attached hydrogens (tertiary/aromatic N) is 2. The van der Waals surface area contributed by atoms with Crippen LogP contribution in [0, 0.1) is 0 Å². The zero-order valence-electron chi connectivity index (χ0n) is 13.3. The first kappa shape index (κ1) is 20.5. The molecule has 1 aliphatic heterocycles. The summed E-state index contributed by atoms with van der Waals surface area (Å²) >= 11 is 0. The average molecular weight is 334 g/mol. The van der Waals surface area contributed by atoms with Crippen molar-refractivity contribution in [3.05, 3.63) is 29.8 Å². The van der Waals surface area contributed by atoms with E-state index in [2.05, 4.69) is 60.2 Å². The smallest absolute Gasteiger partial charge is 0.0366 e. The summed E-state index contributed by atoms with van der Waals surface area (Å²) in [5.74, 6) is 0. The van der Waals surface area contributed by atoms with Gasteiger partial charge in [-0.15, -0.1) is 24.8 Å². The molecule has 0 saturated carbocycles. The zero-order chi connectivity index (χ0) is 13.7. The molecule has 0 spiro atoms. The van der Waals surface area contributed by atoms with Crippen molar-refractivity contribution in [3.8, 4) is 0 Å². The summed E-state index contributed by atoms with van der Waals surface area (Å²) in [4.78, 5) is 4.95. The summed E-state index contributed by atoms with van der Waals surface area (Å²) < 4.78 is 0. The van der Waals surface area contributed by atoms with Crippen molar-refractivity contribution < 1.29 is 0 Å². The fourth-order valence-corrected chi connectivity index (χ4v) is 2.83. The largest absolute Gasteiger partial charge is 0.372 e. The topological polar surface area (TPSA) is 18.5 Å². The van der Waals surface area contributed by atoms with Crippen LogP contribution >= 0.6 is 24.8 Å². The van der Waals surface area contributed by atoms with Crippen molar-refractivity contribution in [1.82, 2.24) is 10.2 Å². The third-order valence-corrected chi connectivity index (χ3v) is 4.20. The second kappa shape index (κ2) is 10.3. The number of piperazine rings is 1. The summed E-state index contributed by atoms with van der Waals surface area (Å²) in [6.45, 7) is 13.4. The monoisotopic (exact) mass is 333 g/mol. The second-order valence-corrected chi connectivity index (χ2v) is 5.23. The number of rotatable bonds is 5. The fraction of sp³-hybridized carbons (Fsp3) is 0.625. The van der Waals surface area contributed by atoms with Crippen LogP contribution in [0.2, 0.25) is 0 Å². The molecule has 1 aliphatic rings. The van der Waals surface area contributed by atoms with E-state index in [1.807, 2.05) is 0 Å². The van der Waals surface area contributed by atoms with Crippen molar-refractivity contribution >= 4 is 30.5 Å². The van der Waals surface area contributed by atoms with Gasteiger partial charge in [0.25, 0.3) is 0 Å². The lowest BCUT2D eigenvalue weighted by Gasteiger charge is -2.33. The van der Waals surface area contributed by atoms with Crippen molar-refractivity contribution in [2.24, 2.45) is 0 Å². The normalized spacial score (nSPS) is 16.5. The molecule has 1 heterocycles. The van der Waals surface area contributed by atoms with Crippen LogP contribution < -0.4 is 10.2 Å². The van der Waals surface area contributed by atoms with Gasteiger partial charge in [-0.25, -0.2) is 0 Å². The van der Waals surface area contributed by atoms with Crippen LogP contribution in [0.4, 0.5) is 5.69 Å². The van der Waals surface area contributed by atoms with E-state index in [4.69, 9.17) is 0 Å². The summed E-state index contributed by atoms with van der Waals surface area (Å²) in [6.07, 6.45) is 0. The van der Waals surface area contributed by atoms with E-state index in [1.165, 1.54) is 11.3 Å². The van der Waals surface area contributed by atoms with E-state index < -0.39 is 0 Å². The fourth-order valence-electron chi connectivity index (χ4n) is 2.83. The lowest BCUT2D eigenvalue weighted by molar-refractivity contribution is 0.185. The van der Waals surface area contributed by atoms with Gasteiger partial charge < -0.3 is 10.2 Å². The highest BCUT2D eigenvalue weighted by atomic mass is 35.5. The quantitative estimate of drug-likeness (QED) is 0.891. The van der Waals surface area contributed by atoms with Gasteiger partial charge in [-0.05, 0) is 38.5 Å². The van der Waals surface area contributed by atoms with E-state index in [0.717, 1.165) is 39.3 Å². The standard InChI is InChI=1S/C16H27N3.2ClH/c1-4-18(5-2)16-8-6-15(7-9-16)14(3)19-12-10-17-11-13-19;;/h6-9,14,17H,4-5,10-13H2,1-3H3;2*1H/t14-;;/m1../s1. The summed E-state index contributed by atoms with van der Waals surface area (Å²) in [7, 11) is 0. The molecule has 1 aromatic carbocycles. The lowest BCUT2D eigenvalue weighted by atomic mass is 10.1. The van der Waals surface area contributed by atoms with Crippen LogP contribution in [-0.2, 0) is 0 Å². The van der Waals surface area contributed by atoms with E-state index in [0.29, 0.717) is 6.04 Å². The van der Waals surface area contributed by atoms with Crippen LogP contribution in [-0.4, -0.2) is 44.2 Å². The molecule has 1 saturated heterocycles. The number of hydrogen-bond donors (Lipinski definition) is 1. The Bertz CT molecular complexity index is 374. The molecule has 1 atom stereocenters. The van der Waals surface area contributed by atoms with E-state index in [-0.39, 0.29) is 24.8 Å². The first-order chi connectivity index (χ1) is 9.26. The Hall–Kier alpha value is -0.480. The maximum Gasteiger partial charge on any atom is 0.0366 e. The number of hydrogen-bond acceptors (Lipinski definition) is 3.